The molecule has 4 N–H and O–H groups in total. The number of urea groups is 1. The summed E-state index contributed by atoms with van der Waals surface area (Å²) in [5.41, 5.74) is 9.15. The lowest BCUT2D eigenvalue weighted by Crippen LogP contribution is -2.32. The molecule has 0 unspecified atom stereocenters. The number of likely N-dealkylation sites (tertiary alicyclic amines) is 1. The van der Waals surface area contributed by atoms with Gasteiger partial charge in [-0.25, -0.2) is 4.79 Å². The van der Waals surface area contributed by atoms with E-state index in [-0.39, 0.29) is 12.4 Å². The van der Waals surface area contributed by atoms with E-state index in [2.05, 4.69) is 5.73 Å². The predicted octanol–water partition coefficient (Wildman–Crippen LogP) is -0.738. The lowest BCUT2D eigenvalue weighted by Gasteiger charge is -2.09. The number of rotatable bonds is 0. The molecule has 0 saturated carbocycles. The smallest absolute Gasteiger partial charge is 0.314 e. The zero-order valence-corrected chi connectivity index (χ0v) is 6.32. The summed E-state index contributed by atoms with van der Waals surface area (Å²) >= 11 is 0. The number of amides is 3. The van der Waals surface area contributed by atoms with Crippen molar-refractivity contribution in [3.63, 3.8) is 0 Å². The average Bonchev–Trinajstić information content (AvgIpc) is 2.38. The second kappa shape index (κ2) is 5.52. The maximum absolute atomic E-state index is 10.3. The summed E-state index contributed by atoms with van der Waals surface area (Å²) in [6.07, 6.45) is 2.48. The Balaban J connectivity index is 0.000000292. The van der Waals surface area contributed by atoms with Crippen molar-refractivity contribution in [2.75, 3.05) is 13.1 Å². The van der Waals surface area contributed by atoms with Crippen LogP contribution in [0.1, 0.15) is 12.8 Å². The molecule has 0 aromatic carbocycles. The first kappa shape index (κ1) is 9.74. The molecule has 0 aliphatic carbocycles. The fraction of sp³-hybridized carbons (Fsp3) is 0.667. The Hall–Kier alpha value is -1.26. The number of hydrogen-bond donors (Lipinski definition) is 2. The highest BCUT2D eigenvalue weighted by Gasteiger charge is 2.13. The molecule has 1 rings (SSSR count). The van der Waals surface area contributed by atoms with Crippen molar-refractivity contribution in [3.05, 3.63) is 0 Å². The van der Waals surface area contributed by atoms with Crippen LogP contribution in [0.15, 0.2) is 0 Å². The SMILES string of the molecule is NC(=O)N1CCCC1.NC=O. The summed E-state index contributed by atoms with van der Waals surface area (Å²) in [4.78, 5) is 20.6. The van der Waals surface area contributed by atoms with Crippen molar-refractivity contribution < 1.29 is 9.59 Å². The number of primary amides is 2. The Kier molecular flexibility index (Phi) is 4.89. The summed E-state index contributed by atoms with van der Waals surface area (Å²) in [7, 11) is 0. The molecular weight excluding hydrogens is 146 g/mol. The number of carbonyl (C=O) groups is 2. The standard InChI is InChI=1S/C5H10N2O.CH3NO/c6-5(8)7-3-1-2-4-7;2-1-3/h1-4H2,(H2,6,8);1H,(H2,2,3). The van der Waals surface area contributed by atoms with E-state index in [1.807, 2.05) is 0 Å². The Bertz CT molecular complexity index is 132. The van der Waals surface area contributed by atoms with Crippen LogP contribution < -0.4 is 11.5 Å². The number of nitrogens with zero attached hydrogens (tertiary/aromatic N) is 1. The molecule has 0 aromatic heterocycles. The van der Waals surface area contributed by atoms with Crippen LogP contribution in [0.4, 0.5) is 4.79 Å². The highest BCUT2D eigenvalue weighted by Crippen LogP contribution is 2.05. The minimum absolute atomic E-state index is 0.250. The number of carbonyl (C=O) groups excluding carboxylic acids is 2. The van der Waals surface area contributed by atoms with Gasteiger partial charge < -0.3 is 16.4 Å². The van der Waals surface area contributed by atoms with E-state index in [4.69, 9.17) is 10.5 Å². The van der Waals surface area contributed by atoms with Crippen LogP contribution in [0.5, 0.6) is 0 Å². The molecule has 0 spiro atoms. The van der Waals surface area contributed by atoms with Crippen molar-refractivity contribution in [1.29, 1.82) is 0 Å². The molecule has 5 heteroatoms. The van der Waals surface area contributed by atoms with Gasteiger partial charge in [0.15, 0.2) is 0 Å². The van der Waals surface area contributed by atoms with Gasteiger partial charge in [-0.2, -0.15) is 0 Å². The van der Waals surface area contributed by atoms with Crippen LogP contribution in [0.2, 0.25) is 0 Å². The van der Waals surface area contributed by atoms with E-state index in [0.717, 1.165) is 25.9 Å². The number of hydrogen-bond acceptors (Lipinski definition) is 2. The first-order chi connectivity index (χ1) is 5.22. The lowest BCUT2D eigenvalue weighted by molar-refractivity contribution is -0.106. The molecule has 0 radical (unpaired) electrons. The van der Waals surface area contributed by atoms with Gasteiger partial charge in [-0.05, 0) is 12.8 Å². The van der Waals surface area contributed by atoms with Gasteiger partial charge in [-0.1, -0.05) is 0 Å². The maximum atomic E-state index is 10.3. The van der Waals surface area contributed by atoms with Crippen LogP contribution in [0, 0.1) is 0 Å². The second-order valence-corrected chi connectivity index (χ2v) is 2.17. The average molecular weight is 159 g/mol. The van der Waals surface area contributed by atoms with Gasteiger partial charge in [-0.3, -0.25) is 4.79 Å². The summed E-state index contributed by atoms with van der Waals surface area (Å²) < 4.78 is 0. The molecule has 3 amide bonds. The first-order valence-electron chi connectivity index (χ1n) is 3.42. The molecule has 0 aromatic rings. The van der Waals surface area contributed by atoms with Crippen LogP contribution in [-0.2, 0) is 4.79 Å². The zero-order valence-electron chi connectivity index (χ0n) is 6.32. The van der Waals surface area contributed by atoms with Crippen LogP contribution in [0.25, 0.3) is 0 Å². The normalized spacial score (nSPS) is 15.1. The topological polar surface area (TPSA) is 89.4 Å². The predicted molar refractivity (Wildman–Crippen MR) is 40.6 cm³/mol. The fourth-order valence-electron chi connectivity index (χ4n) is 0.938. The van der Waals surface area contributed by atoms with Crippen molar-refractivity contribution >= 4 is 12.4 Å². The second-order valence-electron chi connectivity index (χ2n) is 2.17. The quantitative estimate of drug-likeness (QED) is 0.456. The van der Waals surface area contributed by atoms with Crippen molar-refractivity contribution in [1.82, 2.24) is 4.90 Å². The van der Waals surface area contributed by atoms with Crippen LogP contribution >= 0.6 is 0 Å². The van der Waals surface area contributed by atoms with E-state index in [0.29, 0.717) is 0 Å². The third-order valence-corrected chi connectivity index (χ3v) is 1.42. The minimum atomic E-state index is -0.275. The molecule has 1 fully saturated rings. The van der Waals surface area contributed by atoms with Gasteiger partial charge in [0.1, 0.15) is 0 Å². The fourth-order valence-corrected chi connectivity index (χ4v) is 0.938. The van der Waals surface area contributed by atoms with Gasteiger partial charge in [0.05, 0.1) is 0 Å². The summed E-state index contributed by atoms with van der Waals surface area (Å²) in [6.45, 7) is 1.71. The Labute approximate surface area is 65.3 Å². The molecule has 0 bridgehead atoms. The molecular formula is C6H13N3O2. The van der Waals surface area contributed by atoms with Crippen molar-refractivity contribution in [3.8, 4) is 0 Å². The monoisotopic (exact) mass is 159 g/mol. The molecule has 0 atom stereocenters. The maximum Gasteiger partial charge on any atom is 0.314 e. The van der Waals surface area contributed by atoms with Crippen molar-refractivity contribution in [2.45, 2.75) is 12.8 Å². The number of nitrogens with two attached hydrogens (primary N) is 2. The Morgan fingerprint density at radius 1 is 1.36 bits per heavy atom. The van der Waals surface area contributed by atoms with E-state index in [1.54, 1.807) is 4.90 Å². The van der Waals surface area contributed by atoms with E-state index in [1.165, 1.54) is 0 Å². The van der Waals surface area contributed by atoms with E-state index in [9.17, 15) is 4.79 Å². The Morgan fingerprint density at radius 2 is 1.73 bits per heavy atom. The lowest BCUT2D eigenvalue weighted by atomic mass is 10.4. The molecule has 11 heavy (non-hydrogen) atoms. The van der Waals surface area contributed by atoms with Crippen molar-refractivity contribution in [2.24, 2.45) is 11.5 Å². The van der Waals surface area contributed by atoms with Crippen LogP contribution in [0.3, 0.4) is 0 Å². The molecule has 64 valence electrons. The van der Waals surface area contributed by atoms with Gasteiger partial charge in [0.25, 0.3) is 0 Å². The van der Waals surface area contributed by atoms with Gasteiger partial charge in [0, 0.05) is 13.1 Å². The molecule has 1 heterocycles. The molecule has 1 saturated heterocycles. The zero-order chi connectivity index (χ0) is 8.69. The van der Waals surface area contributed by atoms with E-state index < -0.39 is 0 Å². The van der Waals surface area contributed by atoms with Crippen LogP contribution in [-0.4, -0.2) is 30.4 Å². The summed E-state index contributed by atoms with van der Waals surface area (Å²) in [6, 6.07) is -0.275. The summed E-state index contributed by atoms with van der Waals surface area (Å²) in [5, 5.41) is 0. The highest BCUT2D eigenvalue weighted by atomic mass is 16.2. The van der Waals surface area contributed by atoms with Gasteiger partial charge in [-0.15, -0.1) is 0 Å². The molecule has 1 aliphatic rings. The Morgan fingerprint density at radius 3 is 1.91 bits per heavy atom. The molecule has 5 nitrogen and oxygen atoms in total. The molecule has 1 aliphatic heterocycles. The first-order valence-corrected chi connectivity index (χ1v) is 3.42. The third-order valence-electron chi connectivity index (χ3n) is 1.42. The third kappa shape index (κ3) is 4.19. The summed E-state index contributed by atoms with van der Waals surface area (Å²) in [5.74, 6) is 0. The van der Waals surface area contributed by atoms with Gasteiger partial charge >= 0.3 is 6.03 Å². The highest BCUT2D eigenvalue weighted by molar-refractivity contribution is 5.72. The largest absolute Gasteiger partial charge is 0.372 e. The minimum Gasteiger partial charge on any atom is -0.372 e. The van der Waals surface area contributed by atoms with Gasteiger partial charge in [0.2, 0.25) is 6.41 Å². The van der Waals surface area contributed by atoms with E-state index >= 15 is 0 Å².